The molecule has 5 aromatic rings. The van der Waals surface area contributed by atoms with Crippen molar-refractivity contribution in [2.45, 2.75) is 39.3 Å². The van der Waals surface area contributed by atoms with Crippen molar-refractivity contribution >= 4 is 77.6 Å². The van der Waals surface area contributed by atoms with Gasteiger partial charge in [-0.2, -0.15) is 0 Å². The van der Waals surface area contributed by atoms with E-state index in [-0.39, 0.29) is 26.7 Å². The van der Waals surface area contributed by atoms with E-state index in [9.17, 15) is 5.11 Å². The number of sulfonamides is 2. The molecule has 0 bridgehead atoms. The van der Waals surface area contributed by atoms with E-state index in [0.29, 0.717) is 16.9 Å². The van der Waals surface area contributed by atoms with Gasteiger partial charge in [-0.25, -0.2) is 25.4 Å². The lowest BCUT2D eigenvalue weighted by atomic mass is 9.85. The summed E-state index contributed by atoms with van der Waals surface area (Å²) in [6, 6.07) is 33.5. The average Bonchev–Trinajstić information content (AvgIpc) is 3.57. The van der Waals surface area contributed by atoms with Gasteiger partial charge in [0.15, 0.2) is 9.90 Å². The number of benzene rings is 5. The van der Waals surface area contributed by atoms with Crippen LogP contribution >= 0.6 is 34.8 Å². The molecule has 48 heavy (non-hydrogen) atoms. The van der Waals surface area contributed by atoms with Gasteiger partial charge >= 0.3 is 0 Å². The van der Waals surface area contributed by atoms with Gasteiger partial charge in [0.2, 0.25) is 0 Å². The van der Waals surface area contributed by atoms with E-state index in [2.05, 4.69) is 0 Å². The van der Waals surface area contributed by atoms with Gasteiger partial charge in [-0.05, 0) is 62.4 Å². The van der Waals surface area contributed by atoms with Gasteiger partial charge < -0.3 is 5.11 Å². The summed E-state index contributed by atoms with van der Waals surface area (Å²) in [6.07, 6.45) is 0. The number of anilines is 4. The molecule has 0 radical (unpaired) electrons. The molecule has 3 aliphatic rings. The second kappa shape index (κ2) is 11.4. The Labute approximate surface area is 294 Å². The van der Waals surface area contributed by atoms with Crippen LogP contribution in [0.25, 0.3) is 0 Å². The highest BCUT2D eigenvalue weighted by molar-refractivity contribution is 7.94. The molecule has 0 saturated carbocycles. The summed E-state index contributed by atoms with van der Waals surface area (Å²) in [5.74, 6) is -2.24. The highest BCUT2D eigenvalue weighted by Crippen LogP contribution is 2.71. The molecule has 0 amide bonds. The van der Waals surface area contributed by atoms with Gasteiger partial charge in [-0.15, -0.1) is 0 Å². The summed E-state index contributed by atoms with van der Waals surface area (Å²) in [5.41, 5.74) is 1.65. The van der Waals surface area contributed by atoms with E-state index >= 15 is 16.8 Å². The Morgan fingerprint density at radius 2 is 0.896 bits per heavy atom. The van der Waals surface area contributed by atoms with Gasteiger partial charge in [0.1, 0.15) is 0 Å². The van der Waals surface area contributed by atoms with Gasteiger partial charge in [0, 0.05) is 11.1 Å². The molecule has 2 atom stereocenters. The number of aryl methyl sites for hydroxylation is 2. The van der Waals surface area contributed by atoms with Crippen LogP contribution in [0, 0.1) is 13.8 Å². The van der Waals surface area contributed by atoms with E-state index in [4.69, 9.17) is 34.8 Å². The molecule has 8 rings (SSSR count). The molecule has 0 saturated heterocycles. The number of hydrogen-bond donors (Lipinski definition) is 1. The first-order valence-electron chi connectivity index (χ1n) is 14.8. The Balaban J connectivity index is 0.000000865. The predicted octanol–water partition coefficient (Wildman–Crippen LogP) is 7.75. The quantitative estimate of drug-likeness (QED) is 0.189. The Hall–Kier alpha value is -3.77. The molecule has 0 aromatic heterocycles. The summed E-state index contributed by atoms with van der Waals surface area (Å²) >= 11 is 14.4. The molecule has 13 heteroatoms. The van der Waals surface area contributed by atoms with Crippen LogP contribution in [0.5, 0.6) is 0 Å². The van der Waals surface area contributed by atoms with E-state index in [1.807, 2.05) is 13.8 Å². The number of nitrogens with zero attached hydrogens (tertiary/aromatic N) is 3. The molecule has 3 heterocycles. The first-order valence-corrected chi connectivity index (χ1v) is 18.9. The normalized spacial score (nSPS) is 20.4. The fourth-order valence-electron chi connectivity index (χ4n) is 7.01. The van der Waals surface area contributed by atoms with Gasteiger partial charge in [-0.1, -0.05) is 119 Å². The maximum atomic E-state index is 15.1. The molecular formula is C35H28Cl3N3O5S2. The monoisotopic (exact) mass is 739 g/mol. The van der Waals surface area contributed by atoms with Crippen molar-refractivity contribution in [2.24, 2.45) is 0 Å². The highest BCUT2D eigenvalue weighted by atomic mass is 35.6. The maximum absolute atomic E-state index is 15.1. The lowest BCUT2D eigenvalue weighted by molar-refractivity contribution is 0.0343. The largest absolute Gasteiger partial charge is 0.374 e. The molecule has 1 spiro atoms. The summed E-state index contributed by atoms with van der Waals surface area (Å²) < 4.78 is 61.7. The summed E-state index contributed by atoms with van der Waals surface area (Å²) in [7, 11) is -9.03. The summed E-state index contributed by atoms with van der Waals surface area (Å²) in [4.78, 5) is 1.61. The van der Waals surface area contributed by atoms with Gasteiger partial charge in [-0.3, -0.25) is 4.90 Å². The minimum atomic E-state index is -4.52. The number of fused-ring (bicyclic) bond motifs is 7. The lowest BCUT2D eigenvalue weighted by Gasteiger charge is -2.48. The number of hydrogen-bond acceptors (Lipinski definition) is 6. The summed E-state index contributed by atoms with van der Waals surface area (Å²) in [5, 5.41) is 13.4. The van der Waals surface area contributed by atoms with Crippen LogP contribution in [0.2, 0.25) is 0 Å². The second-order valence-electron chi connectivity index (χ2n) is 11.6. The second-order valence-corrected chi connectivity index (χ2v) is 17.2. The minimum absolute atomic E-state index is 0.0314. The minimum Gasteiger partial charge on any atom is -0.374 e. The highest BCUT2D eigenvalue weighted by Gasteiger charge is 2.80. The fraction of sp³-hybridized carbons (Fsp3) is 0.143. The predicted molar refractivity (Wildman–Crippen MR) is 190 cm³/mol. The van der Waals surface area contributed by atoms with Crippen molar-refractivity contribution in [2.75, 3.05) is 13.5 Å². The number of aliphatic hydroxyl groups is 1. The average molecular weight is 741 g/mol. The van der Waals surface area contributed by atoms with Crippen LogP contribution in [0.15, 0.2) is 131 Å². The molecule has 5 aromatic carbocycles. The third-order valence-corrected chi connectivity index (χ3v) is 12.5. The van der Waals surface area contributed by atoms with E-state index < -0.39 is 35.7 Å². The van der Waals surface area contributed by atoms with Crippen molar-refractivity contribution in [3.8, 4) is 0 Å². The number of alkyl halides is 3. The van der Waals surface area contributed by atoms with E-state index in [0.717, 1.165) is 19.7 Å². The molecule has 8 nitrogen and oxygen atoms in total. The number of halogens is 3. The zero-order valence-corrected chi connectivity index (χ0v) is 29.4. The third-order valence-electron chi connectivity index (χ3n) is 8.87. The Kier molecular flexibility index (Phi) is 7.78. The van der Waals surface area contributed by atoms with Crippen molar-refractivity contribution in [3.05, 3.63) is 144 Å². The van der Waals surface area contributed by atoms with E-state index in [1.54, 1.807) is 102 Å². The lowest BCUT2D eigenvalue weighted by Crippen LogP contribution is -2.73. The van der Waals surface area contributed by atoms with Gasteiger partial charge in [0.05, 0.1) is 32.5 Å². The van der Waals surface area contributed by atoms with Gasteiger partial charge in [0.25, 0.3) is 25.8 Å². The van der Waals surface area contributed by atoms with Crippen LogP contribution in [0.3, 0.4) is 0 Å². The van der Waals surface area contributed by atoms with Crippen LogP contribution in [0.4, 0.5) is 22.7 Å². The third kappa shape index (κ3) is 4.37. The fourth-order valence-corrected chi connectivity index (χ4v) is 10.5. The molecule has 1 N–H and O–H groups in total. The smallest absolute Gasteiger partial charge is 0.267 e. The Bertz CT molecular complexity index is 2210. The number of para-hydroxylation sites is 4. The first kappa shape index (κ1) is 32.8. The van der Waals surface area contributed by atoms with Crippen LogP contribution < -0.4 is 13.5 Å². The Morgan fingerprint density at radius 1 is 0.542 bits per heavy atom. The van der Waals surface area contributed by atoms with Crippen molar-refractivity contribution in [1.29, 1.82) is 0 Å². The SMILES string of the molecule is Cc1ccc(S(=O)(=O)N2c3ccccc3N3c4ccccc4[C@]4(O)c5ccccc5N(S(=O)(=O)c5ccc(C)cc5)[C@@]324)cc1.ClC(Cl)Cl. The van der Waals surface area contributed by atoms with Crippen LogP contribution in [-0.4, -0.2) is 32.0 Å². The molecule has 246 valence electrons. The van der Waals surface area contributed by atoms with Crippen LogP contribution in [-0.2, 0) is 25.6 Å². The van der Waals surface area contributed by atoms with Crippen LogP contribution in [0.1, 0.15) is 22.3 Å². The maximum Gasteiger partial charge on any atom is 0.267 e. The number of rotatable bonds is 4. The van der Waals surface area contributed by atoms with E-state index in [1.165, 1.54) is 24.3 Å². The standard InChI is InChI=1S/C34H27N3O5S2.CHCl3/c1-23-15-19-25(20-16-23)43(39,40)36-30-12-6-4-10-28(30)33(38)27-9-3-5-11-29(27)35-31-13-7-8-14-32(31)37(34(33,35)36)44(41,42)26-21-17-24(2)18-22-26;2-1(3)4/h3-22,38H,1-2H3;1H/t33-,34+;/m0./s1. The zero-order valence-electron chi connectivity index (χ0n) is 25.5. The molecule has 3 aliphatic heterocycles. The summed E-state index contributed by atoms with van der Waals surface area (Å²) in [6.45, 7) is 3.72. The van der Waals surface area contributed by atoms with Crippen molar-refractivity contribution in [1.82, 2.24) is 0 Å². The Morgan fingerprint density at radius 3 is 1.38 bits per heavy atom. The molecular weight excluding hydrogens is 713 g/mol. The van der Waals surface area contributed by atoms with Crippen molar-refractivity contribution in [3.63, 3.8) is 0 Å². The molecule has 0 fully saturated rings. The topological polar surface area (TPSA) is 98.2 Å². The van der Waals surface area contributed by atoms with Crippen molar-refractivity contribution < 1.29 is 21.9 Å². The zero-order chi connectivity index (χ0) is 34.2. The molecule has 0 unspecified atom stereocenters. The molecule has 0 aliphatic carbocycles. The first-order chi connectivity index (χ1) is 22.8.